The Bertz CT molecular complexity index is 944. The van der Waals surface area contributed by atoms with Gasteiger partial charge in [0.25, 0.3) is 11.8 Å². The molecule has 2 aromatic carbocycles. The van der Waals surface area contributed by atoms with Crippen molar-refractivity contribution in [2.24, 2.45) is 0 Å². The van der Waals surface area contributed by atoms with E-state index in [9.17, 15) is 18.0 Å². The number of amides is 2. The second kappa shape index (κ2) is 8.88. The van der Waals surface area contributed by atoms with Gasteiger partial charge in [-0.15, -0.1) is 0 Å². The molecule has 2 N–H and O–H groups in total. The van der Waals surface area contributed by atoms with Gasteiger partial charge in [0, 0.05) is 18.2 Å². The standard InChI is InChI=1S/C20H22N2O5S/c23-19(22-17-9-10-28(25,26)14-17)13-27-18-8-4-7-16(11-18)20(24)21-12-15-5-2-1-3-6-15/h1-8,11,17H,9-10,12-14H2,(H,21,24)(H,22,23)/t17-/m0/s1. The molecule has 0 aliphatic carbocycles. The molecule has 0 saturated carbocycles. The van der Waals surface area contributed by atoms with E-state index in [2.05, 4.69) is 10.6 Å². The lowest BCUT2D eigenvalue weighted by Gasteiger charge is -2.12. The van der Waals surface area contributed by atoms with Gasteiger partial charge in [0.1, 0.15) is 5.75 Å². The van der Waals surface area contributed by atoms with Crippen molar-refractivity contribution in [3.8, 4) is 5.75 Å². The predicted octanol–water partition coefficient (Wildman–Crippen LogP) is 1.30. The zero-order chi connectivity index (χ0) is 20.0. The van der Waals surface area contributed by atoms with E-state index in [4.69, 9.17) is 4.74 Å². The maximum atomic E-state index is 12.3. The molecule has 0 radical (unpaired) electrons. The van der Waals surface area contributed by atoms with Gasteiger partial charge in [-0.1, -0.05) is 36.4 Å². The first-order valence-electron chi connectivity index (χ1n) is 8.96. The molecule has 0 spiro atoms. The van der Waals surface area contributed by atoms with E-state index in [1.807, 2.05) is 30.3 Å². The number of rotatable bonds is 7. The normalized spacial score (nSPS) is 17.6. The SMILES string of the molecule is O=C(COc1cccc(C(=O)NCc2ccccc2)c1)N[C@H]1CCS(=O)(=O)C1. The van der Waals surface area contributed by atoms with E-state index in [0.29, 0.717) is 24.3 Å². The minimum Gasteiger partial charge on any atom is -0.484 e. The Labute approximate surface area is 164 Å². The Morgan fingerprint density at radius 2 is 1.86 bits per heavy atom. The van der Waals surface area contributed by atoms with E-state index in [-0.39, 0.29) is 36.0 Å². The number of hydrogen-bond acceptors (Lipinski definition) is 5. The van der Waals surface area contributed by atoms with Gasteiger partial charge in [-0.05, 0) is 30.2 Å². The summed E-state index contributed by atoms with van der Waals surface area (Å²) in [6, 6.07) is 15.8. The third kappa shape index (κ3) is 5.82. The maximum Gasteiger partial charge on any atom is 0.258 e. The van der Waals surface area contributed by atoms with Crippen LogP contribution in [0.2, 0.25) is 0 Å². The largest absolute Gasteiger partial charge is 0.484 e. The Kier molecular flexibility index (Phi) is 6.30. The van der Waals surface area contributed by atoms with Crippen LogP contribution < -0.4 is 15.4 Å². The van der Waals surface area contributed by atoms with Crippen molar-refractivity contribution in [3.63, 3.8) is 0 Å². The number of carbonyl (C=O) groups is 2. The van der Waals surface area contributed by atoms with Crippen LogP contribution in [0.3, 0.4) is 0 Å². The van der Waals surface area contributed by atoms with E-state index < -0.39 is 9.84 Å². The molecule has 0 unspecified atom stereocenters. The zero-order valence-electron chi connectivity index (χ0n) is 15.3. The van der Waals surface area contributed by atoms with Crippen LogP contribution in [0.5, 0.6) is 5.75 Å². The molecule has 1 atom stereocenters. The van der Waals surface area contributed by atoms with Crippen LogP contribution in [0.15, 0.2) is 54.6 Å². The summed E-state index contributed by atoms with van der Waals surface area (Å²) in [4.78, 5) is 24.2. The fourth-order valence-corrected chi connectivity index (χ4v) is 4.61. The van der Waals surface area contributed by atoms with E-state index >= 15 is 0 Å². The molecule has 1 aliphatic heterocycles. The Balaban J connectivity index is 1.49. The minimum absolute atomic E-state index is 0.0319. The number of ether oxygens (including phenoxy) is 1. The monoisotopic (exact) mass is 402 g/mol. The zero-order valence-corrected chi connectivity index (χ0v) is 16.1. The summed E-state index contributed by atoms with van der Waals surface area (Å²) in [5, 5.41) is 5.49. The first-order valence-corrected chi connectivity index (χ1v) is 10.8. The average Bonchev–Trinajstić information content (AvgIpc) is 3.03. The van der Waals surface area contributed by atoms with Crippen LogP contribution in [-0.4, -0.2) is 44.4 Å². The van der Waals surface area contributed by atoms with E-state index in [0.717, 1.165) is 5.56 Å². The fourth-order valence-electron chi connectivity index (χ4n) is 2.93. The van der Waals surface area contributed by atoms with Gasteiger partial charge in [0.15, 0.2) is 16.4 Å². The third-order valence-corrected chi connectivity index (χ3v) is 6.13. The quantitative estimate of drug-likeness (QED) is 0.727. The second-order valence-electron chi connectivity index (χ2n) is 6.65. The van der Waals surface area contributed by atoms with Crippen LogP contribution in [0, 0.1) is 0 Å². The smallest absolute Gasteiger partial charge is 0.258 e. The van der Waals surface area contributed by atoms with E-state index in [1.54, 1.807) is 24.3 Å². The summed E-state index contributed by atoms with van der Waals surface area (Å²) < 4.78 is 28.3. The summed E-state index contributed by atoms with van der Waals surface area (Å²) in [5.74, 6) is -0.174. The first kappa shape index (κ1) is 19.9. The van der Waals surface area contributed by atoms with Crippen molar-refractivity contribution in [2.45, 2.75) is 19.0 Å². The van der Waals surface area contributed by atoms with Gasteiger partial charge in [0.05, 0.1) is 11.5 Å². The van der Waals surface area contributed by atoms with Crippen LogP contribution in [0.1, 0.15) is 22.3 Å². The molecule has 2 aromatic rings. The summed E-state index contributed by atoms with van der Waals surface area (Å²) in [7, 11) is -3.05. The lowest BCUT2D eigenvalue weighted by Crippen LogP contribution is -2.38. The molecule has 0 bridgehead atoms. The van der Waals surface area contributed by atoms with Gasteiger partial charge in [-0.3, -0.25) is 9.59 Å². The molecule has 1 aliphatic rings. The summed E-state index contributed by atoms with van der Waals surface area (Å²) in [5.41, 5.74) is 1.42. The molecule has 1 heterocycles. The van der Waals surface area contributed by atoms with Crippen LogP contribution in [-0.2, 0) is 21.2 Å². The minimum atomic E-state index is -3.05. The van der Waals surface area contributed by atoms with Gasteiger partial charge in [-0.2, -0.15) is 0 Å². The van der Waals surface area contributed by atoms with Crippen LogP contribution in [0.25, 0.3) is 0 Å². The Morgan fingerprint density at radius 3 is 2.57 bits per heavy atom. The maximum absolute atomic E-state index is 12.3. The second-order valence-corrected chi connectivity index (χ2v) is 8.88. The van der Waals surface area contributed by atoms with Crippen molar-refractivity contribution >= 4 is 21.7 Å². The molecule has 2 amide bonds. The molecule has 7 nitrogen and oxygen atoms in total. The van der Waals surface area contributed by atoms with Crippen molar-refractivity contribution in [2.75, 3.05) is 18.1 Å². The lowest BCUT2D eigenvalue weighted by atomic mass is 10.2. The van der Waals surface area contributed by atoms with Crippen molar-refractivity contribution in [3.05, 3.63) is 65.7 Å². The first-order chi connectivity index (χ1) is 13.4. The van der Waals surface area contributed by atoms with Crippen LogP contribution in [0.4, 0.5) is 0 Å². The van der Waals surface area contributed by atoms with Gasteiger partial charge in [-0.25, -0.2) is 8.42 Å². The van der Waals surface area contributed by atoms with Crippen LogP contribution >= 0.6 is 0 Å². The average molecular weight is 402 g/mol. The lowest BCUT2D eigenvalue weighted by molar-refractivity contribution is -0.123. The van der Waals surface area contributed by atoms with Crippen molar-refractivity contribution < 1.29 is 22.7 Å². The highest BCUT2D eigenvalue weighted by Crippen LogP contribution is 2.14. The molecule has 148 valence electrons. The molecule has 8 heteroatoms. The number of nitrogens with one attached hydrogen (secondary N) is 2. The molecule has 0 aromatic heterocycles. The molecule has 3 rings (SSSR count). The Morgan fingerprint density at radius 1 is 1.07 bits per heavy atom. The topological polar surface area (TPSA) is 102 Å². The highest BCUT2D eigenvalue weighted by molar-refractivity contribution is 7.91. The van der Waals surface area contributed by atoms with Crippen molar-refractivity contribution in [1.82, 2.24) is 10.6 Å². The number of sulfone groups is 1. The molecule has 1 fully saturated rings. The van der Waals surface area contributed by atoms with E-state index in [1.165, 1.54) is 0 Å². The summed E-state index contributed by atoms with van der Waals surface area (Å²) in [6.07, 6.45) is 0.422. The summed E-state index contributed by atoms with van der Waals surface area (Å²) in [6.45, 7) is 0.170. The fraction of sp³-hybridized carbons (Fsp3) is 0.300. The number of hydrogen-bond donors (Lipinski definition) is 2. The summed E-state index contributed by atoms with van der Waals surface area (Å²) >= 11 is 0. The Hall–Kier alpha value is -2.87. The van der Waals surface area contributed by atoms with Gasteiger partial charge >= 0.3 is 0 Å². The third-order valence-electron chi connectivity index (χ3n) is 4.36. The molecular formula is C20H22N2O5S. The van der Waals surface area contributed by atoms with Crippen molar-refractivity contribution in [1.29, 1.82) is 0 Å². The molecular weight excluding hydrogens is 380 g/mol. The number of benzene rings is 2. The predicted molar refractivity (Wildman–Crippen MR) is 105 cm³/mol. The molecule has 28 heavy (non-hydrogen) atoms. The van der Waals surface area contributed by atoms with Gasteiger partial charge < -0.3 is 15.4 Å². The molecule has 1 saturated heterocycles. The highest BCUT2D eigenvalue weighted by atomic mass is 32.2. The highest BCUT2D eigenvalue weighted by Gasteiger charge is 2.28. The number of carbonyl (C=O) groups excluding carboxylic acids is 2. The van der Waals surface area contributed by atoms with Gasteiger partial charge in [0.2, 0.25) is 0 Å².